The lowest BCUT2D eigenvalue weighted by atomic mass is 10.1. The van der Waals surface area contributed by atoms with Gasteiger partial charge in [-0.15, -0.1) is 0 Å². The summed E-state index contributed by atoms with van der Waals surface area (Å²) in [6.45, 7) is 5.90. The van der Waals surface area contributed by atoms with Crippen LogP contribution in [0.25, 0.3) is 11.3 Å². The van der Waals surface area contributed by atoms with Crippen molar-refractivity contribution in [2.45, 2.75) is 39.7 Å². The number of hydrogen-bond donors (Lipinski definition) is 0. The predicted molar refractivity (Wildman–Crippen MR) is 109 cm³/mol. The molecule has 1 fully saturated rings. The van der Waals surface area contributed by atoms with Crippen LogP contribution in [0.1, 0.15) is 29.7 Å². The Kier molecular flexibility index (Phi) is 4.90. The fourth-order valence-corrected chi connectivity index (χ4v) is 3.11. The first kappa shape index (κ1) is 18.3. The second-order valence-corrected chi connectivity index (χ2v) is 7.36. The molecule has 1 saturated carbocycles. The van der Waals surface area contributed by atoms with Crippen LogP contribution >= 0.6 is 0 Å². The Hall–Kier alpha value is -3.08. The van der Waals surface area contributed by atoms with Gasteiger partial charge in [0.1, 0.15) is 17.2 Å². The summed E-state index contributed by atoms with van der Waals surface area (Å²) in [5, 5.41) is 0. The number of amides is 1. The number of aryl methyl sites for hydroxylation is 3. The highest BCUT2D eigenvalue weighted by atomic mass is 16.5. The molecule has 4 rings (SSSR count). The Morgan fingerprint density at radius 3 is 2.25 bits per heavy atom. The van der Waals surface area contributed by atoms with Crippen LogP contribution in [0.4, 0.5) is 6.01 Å². The molecule has 1 amide bonds. The van der Waals surface area contributed by atoms with E-state index in [1.807, 2.05) is 69.3 Å². The van der Waals surface area contributed by atoms with E-state index in [0.29, 0.717) is 17.5 Å². The van der Waals surface area contributed by atoms with Gasteiger partial charge in [-0.3, -0.25) is 9.69 Å². The minimum Gasteiger partial charge on any atom is -0.484 e. The molecular weight excluding hydrogens is 352 g/mol. The molecule has 0 spiro atoms. The zero-order valence-corrected chi connectivity index (χ0v) is 16.4. The second kappa shape index (κ2) is 7.50. The van der Waals surface area contributed by atoms with E-state index in [2.05, 4.69) is 4.98 Å². The quantitative estimate of drug-likeness (QED) is 0.618. The number of carbonyl (C=O) groups is 1. The molecule has 0 unspecified atom stereocenters. The van der Waals surface area contributed by atoms with Gasteiger partial charge in [0.2, 0.25) is 0 Å². The van der Waals surface area contributed by atoms with Crippen molar-refractivity contribution in [3.8, 4) is 17.0 Å². The van der Waals surface area contributed by atoms with Crippen LogP contribution in [0.2, 0.25) is 0 Å². The summed E-state index contributed by atoms with van der Waals surface area (Å²) >= 11 is 0. The monoisotopic (exact) mass is 376 g/mol. The van der Waals surface area contributed by atoms with Crippen LogP contribution in [0.3, 0.4) is 0 Å². The van der Waals surface area contributed by atoms with Crippen molar-refractivity contribution in [2.24, 2.45) is 0 Å². The maximum atomic E-state index is 12.9. The van der Waals surface area contributed by atoms with Crippen LogP contribution in [0, 0.1) is 20.8 Å². The normalized spacial score (nSPS) is 13.4. The molecule has 1 heterocycles. The third kappa shape index (κ3) is 3.93. The first-order chi connectivity index (χ1) is 13.5. The van der Waals surface area contributed by atoms with Crippen LogP contribution in [-0.4, -0.2) is 23.5 Å². The number of nitrogens with zero attached hydrogens (tertiary/aromatic N) is 2. The first-order valence-corrected chi connectivity index (χ1v) is 9.57. The summed E-state index contributed by atoms with van der Waals surface area (Å²) in [4.78, 5) is 19.2. The summed E-state index contributed by atoms with van der Waals surface area (Å²) in [5.41, 5.74) is 4.09. The molecule has 28 heavy (non-hydrogen) atoms. The first-order valence-electron chi connectivity index (χ1n) is 9.57. The van der Waals surface area contributed by atoms with Crippen molar-refractivity contribution in [3.63, 3.8) is 0 Å². The van der Waals surface area contributed by atoms with Crippen molar-refractivity contribution in [1.82, 2.24) is 4.98 Å². The summed E-state index contributed by atoms with van der Waals surface area (Å²) in [5.74, 6) is 1.25. The van der Waals surface area contributed by atoms with Crippen molar-refractivity contribution in [1.29, 1.82) is 0 Å². The lowest BCUT2D eigenvalue weighted by Gasteiger charge is -2.18. The highest BCUT2D eigenvalue weighted by molar-refractivity contribution is 5.93. The van der Waals surface area contributed by atoms with Gasteiger partial charge in [0.25, 0.3) is 5.91 Å². The van der Waals surface area contributed by atoms with Crippen molar-refractivity contribution in [3.05, 3.63) is 65.4 Å². The van der Waals surface area contributed by atoms with Crippen molar-refractivity contribution in [2.75, 3.05) is 11.5 Å². The average Bonchev–Trinajstić information content (AvgIpc) is 3.44. The van der Waals surface area contributed by atoms with Gasteiger partial charge in [0, 0.05) is 11.6 Å². The topological polar surface area (TPSA) is 55.6 Å². The molecular formula is C23H24N2O3. The third-order valence-corrected chi connectivity index (χ3v) is 4.88. The average molecular weight is 376 g/mol. The Labute approximate surface area is 165 Å². The number of aromatic nitrogens is 1. The SMILES string of the molecule is Cc1ccc(OCC(=O)N(c2nc(-c3ccc(C)cc3)c(C)o2)C2CC2)cc1. The van der Waals surface area contributed by atoms with E-state index in [-0.39, 0.29) is 18.6 Å². The molecule has 5 heteroatoms. The lowest BCUT2D eigenvalue weighted by molar-refractivity contribution is -0.120. The molecule has 0 aliphatic heterocycles. The number of anilines is 1. The van der Waals surface area contributed by atoms with Gasteiger partial charge >= 0.3 is 6.01 Å². The van der Waals surface area contributed by atoms with Gasteiger partial charge in [0.15, 0.2) is 6.61 Å². The third-order valence-electron chi connectivity index (χ3n) is 4.88. The Morgan fingerprint density at radius 2 is 1.64 bits per heavy atom. The molecule has 1 aliphatic carbocycles. The second-order valence-electron chi connectivity index (χ2n) is 7.36. The minimum atomic E-state index is -0.139. The van der Waals surface area contributed by atoms with Crippen LogP contribution in [0.15, 0.2) is 52.9 Å². The number of rotatable bonds is 6. The number of carbonyl (C=O) groups excluding carboxylic acids is 1. The van der Waals surface area contributed by atoms with E-state index in [1.165, 1.54) is 5.56 Å². The number of benzene rings is 2. The van der Waals surface area contributed by atoms with Gasteiger partial charge in [-0.25, -0.2) is 0 Å². The van der Waals surface area contributed by atoms with Gasteiger partial charge in [0.05, 0.1) is 0 Å². The summed E-state index contributed by atoms with van der Waals surface area (Å²) in [6, 6.07) is 16.3. The molecule has 3 aromatic rings. The lowest BCUT2D eigenvalue weighted by Crippen LogP contribution is -2.37. The fraction of sp³-hybridized carbons (Fsp3) is 0.304. The maximum Gasteiger partial charge on any atom is 0.305 e. The predicted octanol–water partition coefficient (Wildman–Crippen LogP) is 4.84. The Bertz CT molecular complexity index is 970. The number of oxazole rings is 1. The van der Waals surface area contributed by atoms with Crippen LogP contribution in [-0.2, 0) is 4.79 Å². The molecule has 2 aromatic carbocycles. The number of ether oxygens (including phenoxy) is 1. The van der Waals surface area contributed by atoms with Gasteiger partial charge in [-0.05, 0) is 45.7 Å². The van der Waals surface area contributed by atoms with E-state index in [4.69, 9.17) is 9.15 Å². The van der Waals surface area contributed by atoms with Gasteiger partial charge in [-0.1, -0.05) is 47.5 Å². The molecule has 0 atom stereocenters. The summed E-state index contributed by atoms with van der Waals surface area (Å²) < 4.78 is 11.6. The smallest absolute Gasteiger partial charge is 0.305 e. The molecule has 144 valence electrons. The summed E-state index contributed by atoms with van der Waals surface area (Å²) in [7, 11) is 0. The van der Waals surface area contributed by atoms with Gasteiger partial charge in [-0.2, -0.15) is 4.98 Å². The number of hydrogen-bond acceptors (Lipinski definition) is 4. The highest BCUT2D eigenvalue weighted by Gasteiger charge is 2.37. The zero-order valence-electron chi connectivity index (χ0n) is 16.4. The van der Waals surface area contributed by atoms with E-state index >= 15 is 0 Å². The molecule has 0 radical (unpaired) electrons. The fourth-order valence-electron chi connectivity index (χ4n) is 3.11. The molecule has 1 aromatic heterocycles. The van der Waals surface area contributed by atoms with Crippen LogP contribution in [0.5, 0.6) is 5.75 Å². The highest BCUT2D eigenvalue weighted by Crippen LogP contribution is 2.34. The van der Waals surface area contributed by atoms with Crippen LogP contribution < -0.4 is 9.64 Å². The minimum absolute atomic E-state index is 0.0408. The van der Waals surface area contributed by atoms with E-state index < -0.39 is 0 Å². The maximum absolute atomic E-state index is 12.9. The Morgan fingerprint density at radius 1 is 1.04 bits per heavy atom. The molecule has 0 N–H and O–H groups in total. The largest absolute Gasteiger partial charge is 0.484 e. The zero-order chi connectivity index (χ0) is 19.7. The van der Waals surface area contributed by atoms with Crippen molar-refractivity contribution >= 4 is 11.9 Å². The summed E-state index contributed by atoms with van der Waals surface area (Å²) in [6.07, 6.45) is 1.91. The van der Waals surface area contributed by atoms with E-state index in [9.17, 15) is 4.79 Å². The van der Waals surface area contributed by atoms with E-state index in [0.717, 1.165) is 29.7 Å². The molecule has 0 bridgehead atoms. The molecule has 0 saturated heterocycles. The van der Waals surface area contributed by atoms with Gasteiger partial charge < -0.3 is 9.15 Å². The standard InChI is InChI=1S/C23H24N2O3/c1-15-4-8-18(9-5-15)22-17(3)28-23(24-22)25(19-10-11-19)21(26)14-27-20-12-6-16(2)7-13-20/h4-9,12-13,19H,10-11,14H2,1-3H3. The molecule has 5 nitrogen and oxygen atoms in total. The Balaban J connectivity index is 1.53. The van der Waals surface area contributed by atoms with E-state index in [1.54, 1.807) is 4.90 Å². The van der Waals surface area contributed by atoms with Crippen molar-refractivity contribution < 1.29 is 13.9 Å². The molecule has 1 aliphatic rings.